The van der Waals surface area contributed by atoms with Gasteiger partial charge in [0.1, 0.15) is 6.10 Å². The van der Waals surface area contributed by atoms with E-state index in [4.69, 9.17) is 4.74 Å². The van der Waals surface area contributed by atoms with Gasteiger partial charge in [-0.15, -0.1) is 6.58 Å². The van der Waals surface area contributed by atoms with Gasteiger partial charge in [-0.1, -0.05) is 12.2 Å². The molecular formula is C12H16O2. The summed E-state index contributed by atoms with van der Waals surface area (Å²) < 4.78 is 5.28. The first kappa shape index (κ1) is 9.50. The van der Waals surface area contributed by atoms with Crippen molar-refractivity contribution in [3.05, 3.63) is 24.8 Å². The van der Waals surface area contributed by atoms with E-state index in [1.165, 1.54) is 19.8 Å². The Labute approximate surface area is 84.6 Å². The minimum Gasteiger partial charge on any atom is -0.458 e. The molecule has 2 aliphatic carbocycles. The molecular weight excluding hydrogens is 176 g/mol. The molecule has 0 spiro atoms. The number of hydrogen-bond acceptors (Lipinski definition) is 2. The molecule has 0 amide bonds. The first-order chi connectivity index (χ1) is 6.72. The topological polar surface area (TPSA) is 26.3 Å². The molecule has 0 heterocycles. The van der Waals surface area contributed by atoms with Crippen LogP contribution in [0.4, 0.5) is 0 Å². The molecule has 2 rings (SSSR count). The van der Waals surface area contributed by atoms with Gasteiger partial charge in [-0.3, -0.25) is 4.79 Å². The molecule has 14 heavy (non-hydrogen) atoms. The quantitative estimate of drug-likeness (QED) is 0.495. The molecule has 0 aromatic carbocycles. The van der Waals surface area contributed by atoms with Crippen molar-refractivity contribution in [2.24, 2.45) is 17.8 Å². The Morgan fingerprint density at radius 1 is 1.50 bits per heavy atom. The van der Waals surface area contributed by atoms with Gasteiger partial charge in [0.25, 0.3) is 0 Å². The number of fused-ring (bicyclic) bond motifs is 1. The Balaban J connectivity index is 2.09. The van der Waals surface area contributed by atoms with Crippen LogP contribution in [0.15, 0.2) is 24.8 Å². The molecule has 0 saturated heterocycles. The average Bonchev–Trinajstić information content (AvgIpc) is 2.67. The second-order valence-corrected chi connectivity index (χ2v) is 4.18. The van der Waals surface area contributed by atoms with Crippen molar-refractivity contribution >= 4 is 5.97 Å². The second-order valence-electron chi connectivity index (χ2n) is 4.18. The van der Waals surface area contributed by atoms with E-state index in [0.717, 1.165) is 0 Å². The number of rotatable bonds is 2. The SMILES string of the molecule is C=C[C@@H]1CC[C@@H]2C=C[C@@H](OC(C)=O)[C@H]12. The number of esters is 1. The van der Waals surface area contributed by atoms with Crippen molar-refractivity contribution < 1.29 is 9.53 Å². The molecule has 1 saturated carbocycles. The number of allylic oxidation sites excluding steroid dienone is 2. The molecule has 1 fully saturated rings. The highest BCUT2D eigenvalue weighted by Gasteiger charge is 2.42. The predicted molar refractivity (Wildman–Crippen MR) is 54.6 cm³/mol. The van der Waals surface area contributed by atoms with Gasteiger partial charge in [-0.25, -0.2) is 0 Å². The van der Waals surface area contributed by atoms with Crippen LogP contribution in [0.25, 0.3) is 0 Å². The van der Waals surface area contributed by atoms with Crippen molar-refractivity contribution in [3.63, 3.8) is 0 Å². The third-order valence-electron chi connectivity index (χ3n) is 3.35. The molecule has 0 N–H and O–H groups in total. The summed E-state index contributed by atoms with van der Waals surface area (Å²) in [7, 11) is 0. The zero-order chi connectivity index (χ0) is 10.1. The van der Waals surface area contributed by atoms with Gasteiger partial charge in [0.15, 0.2) is 0 Å². The van der Waals surface area contributed by atoms with Crippen molar-refractivity contribution in [3.8, 4) is 0 Å². The highest BCUT2D eigenvalue weighted by Crippen LogP contribution is 2.45. The Hall–Kier alpha value is -1.05. The van der Waals surface area contributed by atoms with Crippen LogP contribution in [-0.4, -0.2) is 12.1 Å². The van der Waals surface area contributed by atoms with Crippen LogP contribution in [0.2, 0.25) is 0 Å². The molecule has 0 aromatic rings. The first-order valence-electron chi connectivity index (χ1n) is 5.20. The van der Waals surface area contributed by atoms with Gasteiger partial charge in [-0.2, -0.15) is 0 Å². The summed E-state index contributed by atoms with van der Waals surface area (Å²) in [5, 5.41) is 0. The third kappa shape index (κ3) is 1.49. The zero-order valence-electron chi connectivity index (χ0n) is 8.48. The zero-order valence-corrected chi connectivity index (χ0v) is 8.48. The smallest absolute Gasteiger partial charge is 0.303 e. The Bertz CT molecular complexity index is 280. The largest absolute Gasteiger partial charge is 0.458 e. The Morgan fingerprint density at radius 3 is 2.93 bits per heavy atom. The van der Waals surface area contributed by atoms with E-state index >= 15 is 0 Å². The fraction of sp³-hybridized carbons (Fsp3) is 0.583. The lowest BCUT2D eigenvalue weighted by Gasteiger charge is -2.22. The maximum Gasteiger partial charge on any atom is 0.303 e. The summed E-state index contributed by atoms with van der Waals surface area (Å²) >= 11 is 0. The molecule has 0 bridgehead atoms. The summed E-state index contributed by atoms with van der Waals surface area (Å²) in [6.07, 6.45) is 8.61. The van der Waals surface area contributed by atoms with Crippen LogP contribution in [0.3, 0.4) is 0 Å². The molecule has 0 unspecified atom stereocenters. The first-order valence-corrected chi connectivity index (χ1v) is 5.20. The number of carbonyl (C=O) groups is 1. The maximum absolute atomic E-state index is 10.9. The van der Waals surface area contributed by atoms with E-state index in [9.17, 15) is 4.79 Å². The van der Waals surface area contributed by atoms with Gasteiger partial charge >= 0.3 is 5.97 Å². The summed E-state index contributed by atoms with van der Waals surface area (Å²) in [4.78, 5) is 10.9. The Kier molecular flexibility index (Phi) is 2.44. The van der Waals surface area contributed by atoms with Crippen LogP contribution in [0.1, 0.15) is 19.8 Å². The van der Waals surface area contributed by atoms with E-state index in [0.29, 0.717) is 17.8 Å². The van der Waals surface area contributed by atoms with Crippen LogP contribution in [-0.2, 0) is 9.53 Å². The highest BCUT2D eigenvalue weighted by molar-refractivity contribution is 5.66. The van der Waals surface area contributed by atoms with E-state index < -0.39 is 0 Å². The van der Waals surface area contributed by atoms with Crippen LogP contribution >= 0.6 is 0 Å². The number of ether oxygens (including phenoxy) is 1. The van der Waals surface area contributed by atoms with Crippen molar-refractivity contribution in [2.75, 3.05) is 0 Å². The third-order valence-corrected chi connectivity index (χ3v) is 3.35. The lowest BCUT2D eigenvalue weighted by Crippen LogP contribution is -2.26. The highest BCUT2D eigenvalue weighted by atomic mass is 16.5. The predicted octanol–water partition coefficient (Wildman–Crippen LogP) is 2.32. The molecule has 4 atom stereocenters. The fourth-order valence-corrected chi connectivity index (χ4v) is 2.76. The van der Waals surface area contributed by atoms with Gasteiger partial charge in [0.05, 0.1) is 0 Å². The van der Waals surface area contributed by atoms with Gasteiger partial charge < -0.3 is 4.74 Å². The average molecular weight is 192 g/mol. The van der Waals surface area contributed by atoms with Crippen molar-refractivity contribution in [1.29, 1.82) is 0 Å². The minimum atomic E-state index is -0.185. The molecule has 0 aromatic heterocycles. The van der Waals surface area contributed by atoms with Crippen molar-refractivity contribution in [2.45, 2.75) is 25.9 Å². The van der Waals surface area contributed by atoms with Gasteiger partial charge in [0.2, 0.25) is 0 Å². The van der Waals surface area contributed by atoms with Crippen LogP contribution < -0.4 is 0 Å². The monoisotopic (exact) mass is 192 g/mol. The lowest BCUT2D eigenvalue weighted by atomic mass is 9.89. The molecule has 0 radical (unpaired) electrons. The maximum atomic E-state index is 10.9. The van der Waals surface area contributed by atoms with Crippen molar-refractivity contribution in [1.82, 2.24) is 0 Å². The van der Waals surface area contributed by atoms with Gasteiger partial charge in [-0.05, 0) is 30.8 Å². The number of carbonyl (C=O) groups excluding carboxylic acids is 1. The Morgan fingerprint density at radius 2 is 2.29 bits per heavy atom. The van der Waals surface area contributed by atoms with Crippen LogP contribution in [0.5, 0.6) is 0 Å². The minimum absolute atomic E-state index is 0.0111. The van der Waals surface area contributed by atoms with Crippen LogP contribution in [0, 0.1) is 17.8 Å². The fourth-order valence-electron chi connectivity index (χ4n) is 2.76. The van der Waals surface area contributed by atoms with E-state index in [-0.39, 0.29) is 12.1 Å². The van der Waals surface area contributed by atoms with E-state index in [2.05, 4.69) is 12.7 Å². The molecule has 0 aliphatic heterocycles. The molecule has 2 heteroatoms. The molecule has 2 nitrogen and oxygen atoms in total. The summed E-state index contributed by atoms with van der Waals surface area (Å²) in [5.74, 6) is 1.38. The number of hydrogen-bond donors (Lipinski definition) is 0. The molecule has 2 aliphatic rings. The standard InChI is InChI=1S/C12H16O2/c1-3-9-4-5-10-6-7-11(12(9)10)14-8(2)13/h3,6-7,9-12H,1,4-5H2,2H3/t9-,10-,11-,12-/m1/s1. The van der Waals surface area contributed by atoms with E-state index in [1.54, 1.807) is 0 Å². The molecule has 76 valence electrons. The second kappa shape index (κ2) is 3.60. The summed E-state index contributed by atoms with van der Waals surface area (Å²) in [6, 6.07) is 0. The van der Waals surface area contributed by atoms with Gasteiger partial charge in [0, 0.05) is 12.8 Å². The lowest BCUT2D eigenvalue weighted by molar-refractivity contribution is -0.146. The van der Waals surface area contributed by atoms with E-state index in [1.807, 2.05) is 12.2 Å². The normalized spacial score (nSPS) is 39.5. The summed E-state index contributed by atoms with van der Waals surface area (Å²) in [6.45, 7) is 5.32. The summed E-state index contributed by atoms with van der Waals surface area (Å²) in [5.41, 5.74) is 0.